The maximum Gasteiger partial charge on any atom is 0.338 e. The van der Waals surface area contributed by atoms with Crippen molar-refractivity contribution in [2.45, 2.75) is 19.3 Å². The van der Waals surface area contributed by atoms with Gasteiger partial charge in [0.25, 0.3) is 0 Å². The highest BCUT2D eigenvalue weighted by atomic mass is 19.1. The minimum Gasteiger partial charge on any atom is -0.478 e. The normalized spacial score (nSPS) is 35.4. The molecule has 2 N–H and O–H groups in total. The average molecular weight is 289 g/mol. The van der Waals surface area contributed by atoms with Crippen molar-refractivity contribution in [3.05, 3.63) is 29.6 Å². The second kappa shape index (κ2) is 4.29. The van der Waals surface area contributed by atoms with Gasteiger partial charge in [0, 0.05) is 11.6 Å². The van der Waals surface area contributed by atoms with Crippen molar-refractivity contribution in [3.8, 4) is 0 Å². The first-order chi connectivity index (χ1) is 10.1. The maximum absolute atomic E-state index is 13.3. The Morgan fingerprint density at radius 3 is 2.48 bits per heavy atom. The molecule has 4 atom stereocenters. The van der Waals surface area contributed by atoms with Gasteiger partial charge < -0.3 is 10.4 Å². The highest BCUT2D eigenvalue weighted by Crippen LogP contribution is 2.69. The number of carbonyl (C=O) groups is 2. The Balaban J connectivity index is 1.49. The van der Waals surface area contributed by atoms with Crippen molar-refractivity contribution in [1.82, 2.24) is 0 Å². The van der Waals surface area contributed by atoms with Crippen LogP contribution in [0, 0.1) is 35.4 Å². The molecule has 110 valence electrons. The van der Waals surface area contributed by atoms with Crippen molar-refractivity contribution in [1.29, 1.82) is 0 Å². The summed E-state index contributed by atoms with van der Waals surface area (Å²) in [6.45, 7) is 0. The van der Waals surface area contributed by atoms with E-state index in [1.54, 1.807) is 0 Å². The fourth-order valence-corrected chi connectivity index (χ4v) is 4.67. The molecule has 0 saturated heterocycles. The van der Waals surface area contributed by atoms with E-state index in [0.29, 0.717) is 29.4 Å². The number of carboxylic acid groups (broad SMARTS) is 1. The van der Waals surface area contributed by atoms with Crippen LogP contribution in [0.3, 0.4) is 0 Å². The molecule has 21 heavy (non-hydrogen) atoms. The topological polar surface area (TPSA) is 66.4 Å². The van der Waals surface area contributed by atoms with Gasteiger partial charge in [-0.2, -0.15) is 0 Å². The van der Waals surface area contributed by atoms with Gasteiger partial charge in [-0.3, -0.25) is 4.79 Å². The summed E-state index contributed by atoms with van der Waals surface area (Å²) in [5, 5.41) is 11.7. The van der Waals surface area contributed by atoms with Crippen LogP contribution in [0.25, 0.3) is 0 Å². The standard InChI is InChI=1S/C16H16FNO3/c17-11-4-3-9(6-10(11)16(20)21)18-15(19)14-12-7-1-2-8(5-7)13(12)14/h3-4,6-8,12-14H,1-2,5H2,(H,18,19)(H,20,21). The van der Waals surface area contributed by atoms with Crippen molar-refractivity contribution in [2.75, 3.05) is 5.32 Å². The Hall–Kier alpha value is -1.91. The predicted octanol–water partition coefficient (Wildman–Crippen LogP) is 2.75. The van der Waals surface area contributed by atoms with Gasteiger partial charge >= 0.3 is 5.97 Å². The smallest absolute Gasteiger partial charge is 0.338 e. The summed E-state index contributed by atoms with van der Waals surface area (Å²) in [5.74, 6) is 0.397. The monoisotopic (exact) mass is 289 g/mol. The minimum absolute atomic E-state index is 0.0375. The fraction of sp³-hybridized carbons (Fsp3) is 0.500. The Morgan fingerprint density at radius 1 is 1.19 bits per heavy atom. The fourth-order valence-electron chi connectivity index (χ4n) is 4.67. The molecule has 0 radical (unpaired) electrons. The van der Waals surface area contributed by atoms with E-state index in [2.05, 4.69) is 5.32 Å². The van der Waals surface area contributed by atoms with Gasteiger partial charge in [0.05, 0.1) is 5.56 Å². The SMILES string of the molecule is O=C(O)c1cc(NC(=O)C2C3C4CCC(C4)C23)ccc1F. The lowest BCUT2D eigenvalue weighted by Crippen LogP contribution is -2.19. The van der Waals surface area contributed by atoms with E-state index in [-0.39, 0.29) is 11.8 Å². The summed E-state index contributed by atoms with van der Waals surface area (Å²) in [6.07, 6.45) is 3.77. The molecule has 4 rings (SSSR count). The Kier molecular flexibility index (Phi) is 2.62. The Bertz CT molecular complexity index is 628. The van der Waals surface area contributed by atoms with Crippen LogP contribution in [-0.2, 0) is 4.79 Å². The van der Waals surface area contributed by atoms with Crippen LogP contribution in [0.5, 0.6) is 0 Å². The van der Waals surface area contributed by atoms with E-state index in [9.17, 15) is 14.0 Å². The first-order valence-electron chi connectivity index (χ1n) is 7.40. The summed E-state index contributed by atoms with van der Waals surface area (Å²) in [5.41, 5.74) is -0.0556. The highest BCUT2D eigenvalue weighted by molar-refractivity contribution is 5.97. The zero-order valence-corrected chi connectivity index (χ0v) is 11.4. The van der Waals surface area contributed by atoms with Crippen LogP contribution in [-0.4, -0.2) is 17.0 Å². The second-order valence-electron chi connectivity index (χ2n) is 6.50. The van der Waals surface area contributed by atoms with Gasteiger partial charge in [-0.15, -0.1) is 0 Å². The number of anilines is 1. The van der Waals surface area contributed by atoms with Gasteiger partial charge in [0.1, 0.15) is 5.82 Å². The van der Waals surface area contributed by atoms with E-state index in [0.717, 1.165) is 6.07 Å². The molecule has 4 unspecified atom stereocenters. The number of carbonyl (C=O) groups excluding carboxylic acids is 1. The molecule has 1 aromatic rings. The molecule has 3 aliphatic rings. The van der Waals surface area contributed by atoms with Crippen molar-refractivity contribution in [2.24, 2.45) is 29.6 Å². The second-order valence-corrected chi connectivity index (χ2v) is 6.50. The van der Waals surface area contributed by atoms with Gasteiger partial charge in [0.2, 0.25) is 5.91 Å². The van der Waals surface area contributed by atoms with Crippen LogP contribution in [0.1, 0.15) is 29.6 Å². The average Bonchev–Trinajstić information content (AvgIpc) is 2.90. The van der Waals surface area contributed by atoms with Crippen molar-refractivity contribution < 1.29 is 19.1 Å². The summed E-state index contributed by atoms with van der Waals surface area (Å²) in [4.78, 5) is 23.2. The molecule has 2 bridgehead atoms. The zero-order chi connectivity index (χ0) is 14.7. The third kappa shape index (κ3) is 1.87. The number of aromatic carboxylic acids is 1. The van der Waals surface area contributed by atoms with E-state index < -0.39 is 17.3 Å². The van der Waals surface area contributed by atoms with Crippen LogP contribution < -0.4 is 5.32 Å². The Morgan fingerprint density at radius 2 is 1.86 bits per heavy atom. The van der Waals surface area contributed by atoms with E-state index in [1.165, 1.54) is 31.4 Å². The lowest BCUT2D eigenvalue weighted by atomic mass is 10.0. The predicted molar refractivity (Wildman–Crippen MR) is 73.3 cm³/mol. The minimum atomic E-state index is -1.33. The number of rotatable bonds is 3. The van der Waals surface area contributed by atoms with Gasteiger partial charge in [0.15, 0.2) is 0 Å². The highest BCUT2D eigenvalue weighted by Gasteiger charge is 2.67. The number of amides is 1. The van der Waals surface area contributed by atoms with Gasteiger partial charge in [-0.25, -0.2) is 9.18 Å². The number of benzene rings is 1. The lowest BCUT2D eigenvalue weighted by molar-refractivity contribution is -0.118. The molecule has 5 heteroatoms. The van der Waals surface area contributed by atoms with Crippen LogP contribution in [0.4, 0.5) is 10.1 Å². The number of hydrogen-bond acceptors (Lipinski definition) is 2. The molecule has 3 saturated carbocycles. The summed E-state index contributed by atoms with van der Waals surface area (Å²) < 4.78 is 13.3. The van der Waals surface area contributed by atoms with Crippen LogP contribution in [0.15, 0.2) is 18.2 Å². The maximum atomic E-state index is 13.3. The van der Waals surface area contributed by atoms with Crippen LogP contribution >= 0.6 is 0 Å². The van der Waals surface area contributed by atoms with E-state index in [1.807, 2.05) is 0 Å². The van der Waals surface area contributed by atoms with Crippen LogP contribution in [0.2, 0.25) is 0 Å². The summed E-state index contributed by atoms with van der Waals surface area (Å²) >= 11 is 0. The molecule has 0 heterocycles. The zero-order valence-electron chi connectivity index (χ0n) is 11.4. The number of halogens is 1. The summed E-state index contributed by atoms with van der Waals surface area (Å²) in [6, 6.07) is 3.67. The molecule has 1 amide bonds. The lowest BCUT2D eigenvalue weighted by Gasteiger charge is -2.10. The molecule has 0 aromatic heterocycles. The molecule has 4 nitrogen and oxygen atoms in total. The molecule has 0 spiro atoms. The number of nitrogens with one attached hydrogen (secondary N) is 1. The molecule has 3 aliphatic carbocycles. The Labute approximate surface area is 121 Å². The van der Waals surface area contributed by atoms with Crippen molar-refractivity contribution in [3.63, 3.8) is 0 Å². The largest absolute Gasteiger partial charge is 0.478 e. The molecular weight excluding hydrogens is 273 g/mol. The first kappa shape index (κ1) is 12.8. The number of hydrogen-bond donors (Lipinski definition) is 2. The summed E-state index contributed by atoms with van der Waals surface area (Å²) in [7, 11) is 0. The quantitative estimate of drug-likeness (QED) is 0.899. The van der Waals surface area contributed by atoms with Gasteiger partial charge in [-0.05, 0) is 61.1 Å². The molecule has 3 fully saturated rings. The van der Waals surface area contributed by atoms with Crippen molar-refractivity contribution >= 4 is 17.6 Å². The molecule has 1 aromatic carbocycles. The number of carboxylic acids is 1. The van der Waals surface area contributed by atoms with E-state index >= 15 is 0 Å². The molecule has 0 aliphatic heterocycles. The van der Waals surface area contributed by atoms with E-state index in [4.69, 9.17) is 5.11 Å². The first-order valence-corrected chi connectivity index (χ1v) is 7.40. The number of fused-ring (bicyclic) bond motifs is 5. The third-order valence-electron chi connectivity index (χ3n) is 5.50. The third-order valence-corrected chi connectivity index (χ3v) is 5.50. The van der Waals surface area contributed by atoms with Gasteiger partial charge in [-0.1, -0.05) is 0 Å². The molecular formula is C16H16FNO3.